The van der Waals surface area contributed by atoms with Gasteiger partial charge in [0.05, 0.1) is 5.56 Å². The van der Waals surface area contributed by atoms with E-state index in [2.05, 4.69) is 26.1 Å². The van der Waals surface area contributed by atoms with E-state index in [1.165, 1.54) is 4.88 Å². The Kier molecular flexibility index (Phi) is 6.15. The van der Waals surface area contributed by atoms with Crippen LogP contribution >= 0.6 is 11.3 Å². The number of amides is 1. The number of hydrogen-bond acceptors (Lipinski definition) is 4. The van der Waals surface area contributed by atoms with Crippen molar-refractivity contribution in [3.05, 3.63) is 57.8 Å². The Morgan fingerprint density at radius 3 is 2.42 bits per heavy atom. The highest BCUT2D eigenvalue weighted by atomic mass is 32.1. The van der Waals surface area contributed by atoms with E-state index in [1.54, 1.807) is 23.5 Å². The molecular weight excluding hydrogens is 322 g/mol. The minimum atomic E-state index is -0.483. The Morgan fingerprint density at radius 2 is 1.83 bits per heavy atom. The number of thiophene rings is 1. The Morgan fingerprint density at radius 1 is 1.12 bits per heavy atom. The van der Waals surface area contributed by atoms with E-state index in [1.807, 2.05) is 29.6 Å². The molecule has 0 radical (unpaired) electrons. The predicted molar refractivity (Wildman–Crippen MR) is 96.5 cm³/mol. The van der Waals surface area contributed by atoms with Gasteiger partial charge in [-0.05, 0) is 41.0 Å². The molecule has 1 aromatic carbocycles. The molecule has 4 nitrogen and oxygen atoms in total. The minimum Gasteiger partial charge on any atom is -0.452 e. The van der Waals surface area contributed by atoms with Gasteiger partial charge in [0.15, 0.2) is 6.61 Å². The summed E-state index contributed by atoms with van der Waals surface area (Å²) in [6.07, 6.45) is 0.783. The number of carbonyl (C=O) groups is 2. The van der Waals surface area contributed by atoms with E-state index < -0.39 is 5.97 Å². The van der Waals surface area contributed by atoms with Crippen LogP contribution in [0.25, 0.3) is 0 Å². The lowest BCUT2D eigenvalue weighted by Crippen LogP contribution is -2.30. The van der Waals surface area contributed by atoms with Crippen LogP contribution in [0.3, 0.4) is 0 Å². The first-order chi connectivity index (χ1) is 11.4. The van der Waals surface area contributed by atoms with Gasteiger partial charge in [-0.3, -0.25) is 4.79 Å². The van der Waals surface area contributed by atoms with Crippen molar-refractivity contribution in [3.8, 4) is 0 Å². The molecule has 1 aromatic heterocycles. The summed E-state index contributed by atoms with van der Waals surface area (Å²) in [5.41, 5.74) is 1.63. The van der Waals surface area contributed by atoms with Gasteiger partial charge in [0.1, 0.15) is 0 Å². The number of esters is 1. The molecule has 0 unspecified atom stereocenters. The van der Waals surface area contributed by atoms with Crippen molar-refractivity contribution < 1.29 is 14.3 Å². The molecule has 0 aliphatic rings. The van der Waals surface area contributed by atoms with Crippen LogP contribution in [-0.2, 0) is 21.4 Å². The standard InChI is InChI=1S/C19H23NO3S/c1-19(2,3)15-8-6-14(7-9-15)18(22)23-13-17(21)20-11-10-16-5-4-12-24-16/h4-9,12H,10-11,13H2,1-3H3,(H,20,21). The third kappa shape index (κ3) is 5.49. The molecule has 0 saturated heterocycles. The van der Waals surface area contributed by atoms with Crippen molar-refractivity contribution >= 4 is 23.2 Å². The highest BCUT2D eigenvalue weighted by molar-refractivity contribution is 7.09. The Balaban J connectivity index is 1.74. The van der Waals surface area contributed by atoms with Gasteiger partial charge in [0.2, 0.25) is 0 Å². The van der Waals surface area contributed by atoms with Gasteiger partial charge < -0.3 is 10.1 Å². The lowest BCUT2D eigenvalue weighted by Gasteiger charge is -2.18. The van der Waals surface area contributed by atoms with Crippen molar-refractivity contribution in [2.24, 2.45) is 0 Å². The van der Waals surface area contributed by atoms with Crippen LogP contribution in [0.2, 0.25) is 0 Å². The average Bonchev–Trinajstić information content (AvgIpc) is 3.05. The fourth-order valence-corrected chi connectivity index (χ4v) is 2.86. The van der Waals surface area contributed by atoms with Crippen molar-refractivity contribution in [2.75, 3.05) is 13.2 Å². The van der Waals surface area contributed by atoms with Crippen molar-refractivity contribution in [1.29, 1.82) is 0 Å². The summed E-state index contributed by atoms with van der Waals surface area (Å²) >= 11 is 1.66. The summed E-state index contributed by atoms with van der Waals surface area (Å²) in [7, 11) is 0. The summed E-state index contributed by atoms with van der Waals surface area (Å²) in [6, 6.07) is 11.3. The molecule has 0 atom stereocenters. The zero-order valence-electron chi connectivity index (χ0n) is 14.3. The van der Waals surface area contributed by atoms with Crippen LogP contribution in [0.15, 0.2) is 41.8 Å². The molecule has 0 saturated carbocycles. The van der Waals surface area contributed by atoms with E-state index in [0.29, 0.717) is 12.1 Å². The number of nitrogens with one attached hydrogen (secondary N) is 1. The number of ether oxygens (including phenoxy) is 1. The maximum Gasteiger partial charge on any atom is 0.338 e. The van der Waals surface area contributed by atoms with Crippen LogP contribution in [-0.4, -0.2) is 25.0 Å². The summed E-state index contributed by atoms with van der Waals surface area (Å²) in [5, 5.41) is 4.75. The molecule has 5 heteroatoms. The fourth-order valence-electron chi connectivity index (χ4n) is 2.15. The molecule has 128 valence electrons. The maximum absolute atomic E-state index is 12.0. The van der Waals surface area contributed by atoms with Gasteiger partial charge in [-0.2, -0.15) is 0 Å². The van der Waals surface area contributed by atoms with E-state index in [4.69, 9.17) is 4.74 Å². The van der Waals surface area contributed by atoms with Crippen LogP contribution < -0.4 is 5.32 Å². The molecule has 0 spiro atoms. The molecule has 24 heavy (non-hydrogen) atoms. The number of benzene rings is 1. The molecule has 2 aromatic rings. The summed E-state index contributed by atoms with van der Waals surface area (Å²) in [4.78, 5) is 24.9. The van der Waals surface area contributed by atoms with Crippen molar-refractivity contribution in [2.45, 2.75) is 32.6 Å². The Labute approximate surface area is 146 Å². The molecule has 0 aliphatic carbocycles. The zero-order chi connectivity index (χ0) is 17.6. The molecule has 2 rings (SSSR count). The van der Waals surface area contributed by atoms with Crippen molar-refractivity contribution in [1.82, 2.24) is 5.32 Å². The average molecular weight is 345 g/mol. The first-order valence-corrected chi connectivity index (χ1v) is 8.81. The second kappa shape index (κ2) is 8.11. The quantitative estimate of drug-likeness (QED) is 0.815. The van der Waals surface area contributed by atoms with Gasteiger partial charge in [0.25, 0.3) is 5.91 Å². The first kappa shape index (κ1) is 18.2. The Hall–Kier alpha value is -2.14. The molecule has 0 fully saturated rings. The summed E-state index contributed by atoms with van der Waals surface area (Å²) in [5.74, 6) is -0.768. The predicted octanol–water partition coefficient (Wildman–Crippen LogP) is 3.56. The van der Waals surface area contributed by atoms with E-state index in [-0.39, 0.29) is 17.9 Å². The van der Waals surface area contributed by atoms with Crippen molar-refractivity contribution in [3.63, 3.8) is 0 Å². The lowest BCUT2D eigenvalue weighted by molar-refractivity contribution is -0.124. The molecule has 1 heterocycles. The number of rotatable bonds is 6. The molecule has 0 aliphatic heterocycles. The third-order valence-electron chi connectivity index (χ3n) is 3.59. The van der Waals surface area contributed by atoms with E-state index >= 15 is 0 Å². The lowest BCUT2D eigenvalue weighted by atomic mass is 9.87. The van der Waals surface area contributed by atoms with Crippen LogP contribution in [0.1, 0.15) is 41.6 Å². The largest absolute Gasteiger partial charge is 0.452 e. The number of carbonyl (C=O) groups excluding carboxylic acids is 2. The second-order valence-corrected chi connectivity index (χ2v) is 7.62. The molecule has 0 bridgehead atoms. The summed E-state index contributed by atoms with van der Waals surface area (Å²) in [6.45, 7) is 6.62. The molecule has 1 N–H and O–H groups in total. The summed E-state index contributed by atoms with van der Waals surface area (Å²) < 4.78 is 5.05. The molecular formula is C19H23NO3S. The van der Waals surface area contributed by atoms with Crippen LogP contribution in [0.5, 0.6) is 0 Å². The van der Waals surface area contributed by atoms with E-state index in [9.17, 15) is 9.59 Å². The fraction of sp³-hybridized carbons (Fsp3) is 0.368. The second-order valence-electron chi connectivity index (χ2n) is 6.58. The van der Waals surface area contributed by atoms with Gasteiger partial charge >= 0.3 is 5.97 Å². The van der Waals surface area contributed by atoms with E-state index in [0.717, 1.165) is 12.0 Å². The smallest absolute Gasteiger partial charge is 0.338 e. The zero-order valence-corrected chi connectivity index (χ0v) is 15.1. The minimum absolute atomic E-state index is 0.0326. The molecule has 1 amide bonds. The van der Waals surface area contributed by atoms with Crippen LogP contribution in [0, 0.1) is 0 Å². The Bertz CT molecular complexity index is 670. The first-order valence-electron chi connectivity index (χ1n) is 7.93. The van der Waals surface area contributed by atoms with Crippen LogP contribution in [0.4, 0.5) is 0 Å². The van der Waals surface area contributed by atoms with Gasteiger partial charge in [-0.25, -0.2) is 4.79 Å². The topological polar surface area (TPSA) is 55.4 Å². The monoisotopic (exact) mass is 345 g/mol. The number of hydrogen-bond donors (Lipinski definition) is 1. The SMILES string of the molecule is CC(C)(C)c1ccc(C(=O)OCC(=O)NCCc2cccs2)cc1. The highest BCUT2D eigenvalue weighted by Gasteiger charge is 2.15. The third-order valence-corrected chi connectivity index (χ3v) is 4.53. The van der Waals surface area contributed by atoms with Gasteiger partial charge in [-0.1, -0.05) is 39.0 Å². The normalized spacial score (nSPS) is 11.1. The van der Waals surface area contributed by atoms with Gasteiger partial charge in [0, 0.05) is 11.4 Å². The highest BCUT2D eigenvalue weighted by Crippen LogP contribution is 2.22. The van der Waals surface area contributed by atoms with Gasteiger partial charge in [-0.15, -0.1) is 11.3 Å². The maximum atomic E-state index is 12.0.